The second kappa shape index (κ2) is 9.45. The van der Waals surface area contributed by atoms with Crippen LogP contribution < -0.4 is 16.0 Å². The Morgan fingerprint density at radius 2 is 1.93 bits per heavy atom. The number of hydrogen-bond donors (Lipinski definition) is 3. The van der Waals surface area contributed by atoms with Crippen molar-refractivity contribution in [2.75, 3.05) is 23.7 Å². The van der Waals surface area contributed by atoms with E-state index in [1.807, 2.05) is 0 Å². The molecule has 28 heavy (non-hydrogen) atoms. The fraction of sp³-hybridized carbons (Fsp3) is 0.500. The van der Waals surface area contributed by atoms with Gasteiger partial charge in [-0.3, -0.25) is 9.59 Å². The van der Waals surface area contributed by atoms with Crippen LogP contribution in [0.5, 0.6) is 0 Å². The third-order valence-corrected chi connectivity index (χ3v) is 5.30. The Balaban J connectivity index is 1.48. The van der Waals surface area contributed by atoms with Crippen LogP contribution in [0.3, 0.4) is 0 Å². The van der Waals surface area contributed by atoms with Crippen molar-refractivity contribution in [3.05, 3.63) is 36.9 Å². The van der Waals surface area contributed by atoms with Crippen molar-refractivity contribution in [3.8, 4) is 0 Å². The molecule has 3 rings (SSSR count). The van der Waals surface area contributed by atoms with Crippen LogP contribution in [0, 0.1) is 11.8 Å². The number of benzene rings is 1. The Morgan fingerprint density at radius 1 is 1.21 bits per heavy atom. The molecule has 2 aromatic rings. The summed E-state index contributed by atoms with van der Waals surface area (Å²) < 4.78 is 1.49. The van der Waals surface area contributed by atoms with Crippen molar-refractivity contribution >= 4 is 23.2 Å². The largest absolute Gasteiger partial charge is 0.326 e. The van der Waals surface area contributed by atoms with Gasteiger partial charge in [-0.25, -0.2) is 9.67 Å². The van der Waals surface area contributed by atoms with Gasteiger partial charge in [0.25, 0.3) is 0 Å². The lowest BCUT2D eigenvalue weighted by molar-refractivity contribution is -0.119. The van der Waals surface area contributed by atoms with E-state index in [1.165, 1.54) is 30.2 Å². The summed E-state index contributed by atoms with van der Waals surface area (Å²) in [7, 11) is 0. The topological polar surface area (TPSA) is 101 Å². The quantitative estimate of drug-likeness (QED) is 0.681. The molecule has 1 aromatic carbocycles. The predicted molar refractivity (Wildman–Crippen MR) is 108 cm³/mol. The van der Waals surface area contributed by atoms with E-state index in [0.29, 0.717) is 23.9 Å². The number of piperidine rings is 1. The van der Waals surface area contributed by atoms with Gasteiger partial charge in [0.1, 0.15) is 18.7 Å². The van der Waals surface area contributed by atoms with Gasteiger partial charge < -0.3 is 16.0 Å². The highest BCUT2D eigenvalue weighted by Gasteiger charge is 2.22. The molecular weight excluding hydrogens is 356 g/mol. The zero-order valence-electron chi connectivity index (χ0n) is 16.4. The maximum absolute atomic E-state index is 12.3. The molecule has 1 aliphatic rings. The van der Waals surface area contributed by atoms with Crippen LogP contribution >= 0.6 is 0 Å². The second-order valence-electron chi connectivity index (χ2n) is 7.45. The van der Waals surface area contributed by atoms with Crippen LogP contribution in [0.2, 0.25) is 0 Å². The molecule has 3 unspecified atom stereocenters. The molecule has 1 saturated heterocycles. The zero-order valence-corrected chi connectivity index (χ0v) is 16.4. The maximum Gasteiger partial charge on any atom is 0.249 e. The maximum atomic E-state index is 12.3. The van der Waals surface area contributed by atoms with E-state index in [9.17, 15) is 9.59 Å². The van der Waals surface area contributed by atoms with E-state index in [-0.39, 0.29) is 11.8 Å². The summed E-state index contributed by atoms with van der Waals surface area (Å²) >= 11 is 0. The Hall–Kier alpha value is -2.74. The molecule has 1 aliphatic heterocycles. The molecule has 8 heteroatoms. The molecule has 8 nitrogen and oxygen atoms in total. The van der Waals surface area contributed by atoms with Crippen molar-refractivity contribution in [2.45, 2.75) is 39.2 Å². The standard InChI is InChI=1S/C20H28N6O2/c1-14(16-4-3-9-21-11-16)10-19(27)24-17-5-7-18(8-6-17)25-20(28)15(2)26-13-22-12-23-26/h5-8,12-16,21H,3-4,9-11H2,1-2H3,(H,24,27)(H,25,28). The Morgan fingerprint density at radius 3 is 2.54 bits per heavy atom. The molecule has 0 radical (unpaired) electrons. The molecule has 0 bridgehead atoms. The van der Waals surface area contributed by atoms with Gasteiger partial charge in [0.2, 0.25) is 11.8 Å². The van der Waals surface area contributed by atoms with Crippen molar-refractivity contribution in [1.29, 1.82) is 0 Å². The molecule has 0 spiro atoms. The number of anilines is 2. The monoisotopic (exact) mass is 384 g/mol. The fourth-order valence-electron chi connectivity index (χ4n) is 3.46. The van der Waals surface area contributed by atoms with Crippen molar-refractivity contribution in [2.24, 2.45) is 11.8 Å². The minimum absolute atomic E-state index is 0.0228. The molecule has 2 heterocycles. The number of amides is 2. The molecule has 1 fully saturated rings. The number of nitrogens with zero attached hydrogens (tertiary/aromatic N) is 3. The van der Waals surface area contributed by atoms with Crippen LogP contribution in [0.4, 0.5) is 11.4 Å². The lowest BCUT2D eigenvalue weighted by Gasteiger charge is -2.28. The molecule has 2 amide bonds. The minimum Gasteiger partial charge on any atom is -0.326 e. The van der Waals surface area contributed by atoms with Gasteiger partial charge in [-0.2, -0.15) is 5.10 Å². The molecule has 3 N–H and O–H groups in total. The molecule has 1 aromatic heterocycles. The summed E-state index contributed by atoms with van der Waals surface area (Å²) in [5.41, 5.74) is 1.39. The summed E-state index contributed by atoms with van der Waals surface area (Å²) in [5.74, 6) is 0.751. The summed E-state index contributed by atoms with van der Waals surface area (Å²) in [5, 5.41) is 13.2. The highest BCUT2D eigenvalue weighted by Crippen LogP contribution is 2.23. The SMILES string of the molecule is CC(CC(=O)Nc1ccc(NC(=O)C(C)n2cncn2)cc1)C1CCCNC1. The molecular formula is C20H28N6O2. The van der Waals surface area contributed by atoms with Crippen LogP contribution in [0.25, 0.3) is 0 Å². The lowest BCUT2D eigenvalue weighted by atomic mass is 9.85. The summed E-state index contributed by atoms with van der Waals surface area (Å²) in [6.45, 7) is 5.97. The Kier molecular flexibility index (Phi) is 6.76. The first-order valence-corrected chi connectivity index (χ1v) is 9.78. The van der Waals surface area contributed by atoms with E-state index < -0.39 is 6.04 Å². The van der Waals surface area contributed by atoms with Crippen LogP contribution in [-0.2, 0) is 9.59 Å². The van der Waals surface area contributed by atoms with Crippen molar-refractivity contribution < 1.29 is 9.59 Å². The first-order valence-electron chi connectivity index (χ1n) is 9.78. The highest BCUT2D eigenvalue weighted by atomic mass is 16.2. The van der Waals surface area contributed by atoms with Gasteiger partial charge in [0, 0.05) is 17.8 Å². The van der Waals surface area contributed by atoms with E-state index in [2.05, 4.69) is 33.0 Å². The number of rotatable bonds is 7. The molecule has 3 atom stereocenters. The predicted octanol–water partition coefficient (Wildman–Crippen LogP) is 2.44. The van der Waals surface area contributed by atoms with Crippen LogP contribution in [0.1, 0.15) is 39.2 Å². The van der Waals surface area contributed by atoms with Gasteiger partial charge in [0.05, 0.1) is 0 Å². The van der Waals surface area contributed by atoms with E-state index in [0.717, 1.165) is 18.8 Å². The Bertz CT molecular complexity index is 769. The summed E-state index contributed by atoms with van der Waals surface area (Å²) in [4.78, 5) is 28.5. The number of aromatic nitrogens is 3. The normalized spacial score (nSPS) is 18.9. The van der Waals surface area contributed by atoms with Crippen LogP contribution in [0.15, 0.2) is 36.9 Å². The molecule has 0 aliphatic carbocycles. The number of nitrogens with one attached hydrogen (secondary N) is 3. The smallest absolute Gasteiger partial charge is 0.249 e. The third-order valence-electron chi connectivity index (χ3n) is 5.30. The summed E-state index contributed by atoms with van der Waals surface area (Å²) in [6, 6.07) is 6.67. The van der Waals surface area contributed by atoms with Gasteiger partial charge in [-0.15, -0.1) is 0 Å². The lowest BCUT2D eigenvalue weighted by Crippen LogP contribution is -2.34. The van der Waals surface area contributed by atoms with Gasteiger partial charge >= 0.3 is 0 Å². The zero-order chi connectivity index (χ0) is 19.9. The van der Waals surface area contributed by atoms with E-state index >= 15 is 0 Å². The fourth-order valence-corrected chi connectivity index (χ4v) is 3.46. The van der Waals surface area contributed by atoms with Crippen molar-refractivity contribution in [3.63, 3.8) is 0 Å². The van der Waals surface area contributed by atoms with E-state index in [1.54, 1.807) is 31.2 Å². The second-order valence-corrected chi connectivity index (χ2v) is 7.45. The number of carbonyl (C=O) groups is 2. The first kappa shape index (κ1) is 20.0. The van der Waals surface area contributed by atoms with Gasteiger partial charge in [-0.1, -0.05) is 6.92 Å². The third kappa shape index (κ3) is 5.39. The highest BCUT2D eigenvalue weighted by molar-refractivity contribution is 5.94. The summed E-state index contributed by atoms with van der Waals surface area (Å²) in [6.07, 6.45) is 5.78. The van der Waals surface area contributed by atoms with Gasteiger partial charge in [-0.05, 0) is 69.0 Å². The molecule has 150 valence electrons. The first-order chi connectivity index (χ1) is 13.5. The Labute approximate surface area is 165 Å². The van der Waals surface area contributed by atoms with E-state index in [4.69, 9.17) is 0 Å². The number of hydrogen-bond acceptors (Lipinski definition) is 5. The van der Waals surface area contributed by atoms with Gasteiger partial charge in [0.15, 0.2) is 0 Å². The minimum atomic E-state index is -0.461. The molecule has 0 saturated carbocycles. The average molecular weight is 384 g/mol. The average Bonchev–Trinajstić information content (AvgIpc) is 3.24. The van der Waals surface area contributed by atoms with Crippen molar-refractivity contribution in [1.82, 2.24) is 20.1 Å². The van der Waals surface area contributed by atoms with Crippen LogP contribution in [-0.4, -0.2) is 39.7 Å². The number of carbonyl (C=O) groups excluding carboxylic acids is 2.